The van der Waals surface area contributed by atoms with Gasteiger partial charge in [-0.2, -0.15) is 13.2 Å². The molecule has 32 heavy (non-hydrogen) atoms. The number of carbonyl (C=O) groups is 1. The minimum atomic E-state index is -4.50. The summed E-state index contributed by atoms with van der Waals surface area (Å²) in [5.74, 6) is 0.0994. The van der Waals surface area contributed by atoms with Gasteiger partial charge in [0.1, 0.15) is 5.75 Å². The fourth-order valence-electron chi connectivity index (χ4n) is 3.46. The first-order valence-corrected chi connectivity index (χ1v) is 11.8. The zero-order chi connectivity index (χ0) is 23.4. The fourth-order valence-corrected chi connectivity index (χ4v) is 4.52. The Balaban J connectivity index is 1.59. The molecule has 0 unspecified atom stereocenters. The van der Waals surface area contributed by atoms with Crippen LogP contribution in [0.15, 0.2) is 53.4 Å². The predicted molar refractivity (Wildman–Crippen MR) is 114 cm³/mol. The van der Waals surface area contributed by atoms with Crippen LogP contribution in [-0.4, -0.2) is 26.5 Å². The first-order chi connectivity index (χ1) is 15.0. The van der Waals surface area contributed by atoms with Gasteiger partial charge >= 0.3 is 6.18 Å². The molecule has 0 aromatic heterocycles. The minimum absolute atomic E-state index is 0.00586. The lowest BCUT2D eigenvalue weighted by molar-refractivity contribution is -0.137. The first kappa shape index (κ1) is 23.9. The highest BCUT2D eigenvalue weighted by molar-refractivity contribution is 7.92. The summed E-state index contributed by atoms with van der Waals surface area (Å²) < 4.78 is 70.8. The van der Waals surface area contributed by atoms with E-state index in [0.29, 0.717) is 5.75 Å². The zero-order valence-electron chi connectivity index (χ0n) is 17.5. The summed E-state index contributed by atoms with van der Waals surface area (Å²) in [6.07, 6.45) is 0.0323. The number of rotatable bonds is 7. The summed E-state index contributed by atoms with van der Waals surface area (Å²) in [6.45, 7) is 1.62. The standard InChI is InChI=1S/C22H25F3N2O4S/c1-15(21(28)26-17-5-3-2-4-6-17)31-19-11-13-20(14-12-19)32(29,30)27-18-9-7-16(8-10-18)22(23,24)25/h7-15,17,27H,2-6H2,1H3,(H,26,28)/t15-/m1/s1. The second kappa shape index (κ2) is 9.81. The summed E-state index contributed by atoms with van der Waals surface area (Å²) in [6, 6.07) is 9.29. The van der Waals surface area contributed by atoms with Crippen LogP contribution in [0.1, 0.15) is 44.6 Å². The number of anilines is 1. The van der Waals surface area contributed by atoms with E-state index in [-0.39, 0.29) is 22.5 Å². The monoisotopic (exact) mass is 470 g/mol. The molecule has 1 amide bonds. The number of hydrogen-bond donors (Lipinski definition) is 2. The zero-order valence-corrected chi connectivity index (χ0v) is 18.3. The third kappa shape index (κ3) is 6.38. The molecule has 0 spiro atoms. The molecule has 0 saturated heterocycles. The third-order valence-electron chi connectivity index (χ3n) is 5.23. The van der Waals surface area contributed by atoms with Gasteiger partial charge in [0.05, 0.1) is 10.5 Å². The van der Waals surface area contributed by atoms with E-state index in [0.717, 1.165) is 49.9 Å². The lowest BCUT2D eigenvalue weighted by Crippen LogP contribution is -2.43. The van der Waals surface area contributed by atoms with Crippen molar-refractivity contribution in [3.8, 4) is 5.75 Å². The van der Waals surface area contributed by atoms with Crippen LogP contribution in [0.4, 0.5) is 18.9 Å². The second-order valence-corrected chi connectivity index (χ2v) is 9.44. The number of ether oxygens (including phenoxy) is 1. The Kier molecular flexibility index (Phi) is 7.33. The quantitative estimate of drug-likeness (QED) is 0.613. The highest BCUT2D eigenvalue weighted by atomic mass is 32.2. The number of halogens is 3. The number of sulfonamides is 1. The molecule has 0 heterocycles. The molecule has 0 bridgehead atoms. The van der Waals surface area contributed by atoms with Crippen LogP contribution in [0.25, 0.3) is 0 Å². The average molecular weight is 471 g/mol. The van der Waals surface area contributed by atoms with E-state index in [1.54, 1.807) is 6.92 Å². The van der Waals surface area contributed by atoms with E-state index < -0.39 is 27.9 Å². The van der Waals surface area contributed by atoms with Gasteiger partial charge in [-0.15, -0.1) is 0 Å². The first-order valence-electron chi connectivity index (χ1n) is 10.3. The molecule has 3 rings (SSSR count). The number of benzene rings is 2. The molecule has 10 heteroatoms. The summed E-state index contributed by atoms with van der Waals surface area (Å²) >= 11 is 0. The number of hydrogen-bond acceptors (Lipinski definition) is 4. The largest absolute Gasteiger partial charge is 0.481 e. The van der Waals surface area contributed by atoms with Gasteiger partial charge < -0.3 is 10.1 Å². The van der Waals surface area contributed by atoms with Crippen LogP contribution in [0.2, 0.25) is 0 Å². The van der Waals surface area contributed by atoms with Crippen LogP contribution in [-0.2, 0) is 21.0 Å². The number of alkyl halides is 3. The maximum atomic E-state index is 12.6. The fraction of sp³-hybridized carbons (Fsp3) is 0.409. The molecule has 1 atom stereocenters. The van der Waals surface area contributed by atoms with Crippen molar-refractivity contribution < 1.29 is 31.1 Å². The van der Waals surface area contributed by atoms with Crippen molar-refractivity contribution in [2.45, 2.75) is 62.2 Å². The Bertz CT molecular complexity index is 1020. The summed E-state index contributed by atoms with van der Waals surface area (Å²) in [5, 5.41) is 2.97. The summed E-state index contributed by atoms with van der Waals surface area (Å²) in [5.41, 5.74) is -0.866. The van der Waals surface area contributed by atoms with Crippen molar-refractivity contribution >= 4 is 21.6 Å². The van der Waals surface area contributed by atoms with E-state index in [9.17, 15) is 26.4 Å². The molecule has 1 aliphatic rings. The van der Waals surface area contributed by atoms with E-state index in [1.807, 2.05) is 0 Å². The average Bonchev–Trinajstić information content (AvgIpc) is 2.74. The molecule has 6 nitrogen and oxygen atoms in total. The third-order valence-corrected chi connectivity index (χ3v) is 6.63. The molecule has 1 saturated carbocycles. The molecule has 1 fully saturated rings. The minimum Gasteiger partial charge on any atom is -0.481 e. The Labute approximate surface area is 185 Å². The Morgan fingerprint density at radius 2 is 1.59 bits per heavy atom. The Morgan fingerprint density at radius 1 is 1.00 bits per heavy atom. The van der Waals surface area contributed by atoms with E-state index in [4.69, 9.17) is 4.74 Å². The second-order valence-electron chi connectivity index (χ2n) is 7.76. The van der Waals surface area contributed by atoms with Gasteiger partial charge in [-0.1, -0.05) is 19.3 Å². The molecule has 2 aromatic rings. The molecule has 174 valence electrons. The van der Waals surface area contributed by atoms with Gasteiger partial charge in [0, 0.05) is 11.7 Å². The van der Waals surface area contributed by atoms with Gasteiger partial charge in [-0.05, 0) is 68.3 Å². The molecule has 0 radical (unpaired) electrons. The number of nitrogens with one attached hydrogen (secondary N) is 2. The van der Waals surface area contributed by atoms with Gasteiger partial charge in [0.25, 0.3) is 15.9 Å². The van der Waals surface area contributed by atoms with Crippen LogP contribution in [0, 0.1) is 0 Å². The van der Waals surface area contributed by atoms with Crippen molar-refractivity contribution in [3.63, 3.8) is 0 Å². The van der Waals surface area contributed by atoms with Gasteiger partial charge in [-0.3, -0.25) is 9.52 Å². The Hall–Kier alpha value is -2.75. The topological polar surface area (TPSA) is 84.5 Å². The molecule has 1 aliphatic carbocycles. The molecular formula is C22H25F3N2O4S. The maximum Gasteiger partial charge on any atom is 0.416 e. The van der Waals surface area contributed by atoms with Gasteiger partial charge in [0.15, 0.2) is 6.10 Å². The van der Waals surface area contributed by atoms with Crippen molar-refractivity contribution in [1.29, 1.82) is 0 Å². The number of amides is 1. The van der Waals surface area contributed by atoms with Gasteiger partial charge in [0.2, 0.25) is 0 Å². The predicted octanol–water partition coefficient (Wildman–Crippen LogP) is 4.72. The summed E-state index contributed by atoms with van der Waals surface area (Å²) in [7, 11) is -4.01. The van der Waals surface area contributed by atoms with Gasteiger partial charge in [-0.25, -0.2) is 8.42 Å². The SMILES string of the molecule is C[C@@H](Oc1ccc(S(=O)(=O)Nc2ccc(C(F)(F)F)cc2)cc1)C(=O)NC1CCCCC1. The lowest BCUT2D eigenvalue weighted by atomic mass is 9.95. The normalized spacial score (nSPS) is 16.2. The van der Waals surface area contributed by atoms with E-state index in [1.165, 1.54) is 30.7 Å². The van der Waals surface area contributed by atoms with Crippen molar-refractivity contribution in [2.24, 2.45) is 0 Å². The lowest BCUT2D eigenvalue weighted by Gasteiger charge is -2.24. The van der Waals surface area contributed by atoms with Crippen LogP contribution in [0.5, 0.6) is 5.75 Å². The maximum absolute atomic E-state index is 12.6. The molecule has 2 N–H and O–H groups in total. The summed E-state index contributed by atoms with van der Waals surface area (Å²) in [4.78, 5) is 12.2. The van der Waals surface area contributed by atoms with Crippen molar-refractivity contribution in [2.75, 3.05) is 4.72 Å². The smallest absolute Gasteiger partial charge is 0.416 e. The van der Waals surface area contributed by atoms with Crippen LogP contribution in [0.3, 0.4) is 0 Å². The molecular weight excluding hydrogens is 445 g/mol. The highest BCUT2D eigenvalue weighted by Crippen LogP contribution is 2.30. The highest BCUT2D eigenvalue weighted by Gasteiger charge is 2.30. The molecule has 2 aromatic carbocycles. The molecule has 0 aliphatic heterocycles. The Morgan fingerprint density at radius 3 is 2.16 bits per heavy atom. The van der Waals surface area contributed by atoms with Crippen LogP contribution < -0.4 is 14.8 Å². The van der Waals surface area contributed by atoms with Crippen molar-refractivity contribution in [3.05, 3.63) is 54.1 Å². The number of carbonyl (C=O) groups excluding carboxylic acids is 1. The van der Waals surface area contributed by atoms with Crippen molar-refractivity contribution in [1.82, 2.24) is 5.32 Å². The van der Waals surface area contributed by atoms with E-state index in [2.05, 4.69) is 10.0 Å². The van der Waals surface area contributed by atoms with Crippen LogP contribution >= 0.6 is 0 Å². The van der Waals surface area contributed by atoms with E-state index >= 15 is 0 Å².